The molecule has 0 radical (unpaired) electrons. The Bertz CT molecular complexity index is 804. The van der Waals surface area contributed by atoms with Gasteiger partial charge in [-0.3, -0.25) is 4.79 Å². The molecular weight excluding hydrogens is 290 g/mol. The van der Waals surface area contributed by atoms with E-state index in [4.69, 9.17) is 0 Å². The van der Waals surface area contributed by atoms with Crippen LogP contribution in [0.25, 0.3) is 10.8 Å². The molecule has 1 saturated heterocycles. The number of thiophene rings is 1. The van der Waals surface area contributed by atoms with Crippen LogP contribution in [0.1, 0.15) is 34.1 Å². The summed E-state index contributed by atoms with van der Waals surface area (Å²) in [4.78, 5) is 16.4. The monoisotopic (exact) mass is 307 g/mol. The van der Waals surface area contributed by atoms with E-state index in [1.165, 1.54) is 4.88 Å². The van der Waals surface area contributed by atoms with Gasteiger partial charge in [-0.15, -0.1) is 11.3 Å². The Balaban J connectivity index is 1.74. The van der Waals surface area contributed by atoms with Crippen molar-refractivity contribution >= 4 is 28.0 Å². The highest BCUT2D eigenvalue weighted by atomic mass is 32.1. The van der Waals surface area contributed by atoms with Gasteiger partial charge in [0.25, 0.3) is 5.91 Å². The van der Waals surface area contributed by atoms with Crippen LogP contribution in [0.2, 0.25) is 0 Å². The van der Waals surface area contributed by atoms with Crippen LogP contribution in [-0.2, 0) is 0 Å². The van der Waals surface area contributed by atoms with Crippen LogP contribution in [0.4, 0.5) is 0 Å². The predicted octanol–water partition coefficient (Wildman–Crippen LogP) is 4.88. The smallest absolute Gasteiger partial charge is 0.255 e. The van der Waals surface area contributed by atoms with E-state index in [1.807, 2.05) is 35.2 Å². The molecule has 2 nitrogen and oxygen atoms in total. The Morgan fingerprint density at radius 3 is 2.77 bits per heavy atom. The zero-order valence-corrected chi connectivity index (χ0v) is 13.1. The van der Waals surface area contributed by atoms with Gasteiger partial charge in [0.2, 0.25) is 0 Å². The molecule has 0 bridgehead atoms. The maximum atomic E-state index is 13.1. The first-order valence-corrected chi connectivity index (χ1v) is 8.55. The Hall–Kier alpha value is -2.13. The first-order chi connectivity index (χ1) is 10.8. The van der Waals surface area contributed by atoms with Gasteiger partial charge in [0.1, 0.15) is 0 Å². The normalized spacial score (nSPS) is 18.0. The van der Waals surface area contributed by atoms with Crippen molar-refractivity contribution in [3.05, 3.63) is 70.4 Å². The quantitative estimate of drug-likeness (QED) is 0.661. The number of hydrogen-bond acceptors (Lipinski definition) is 2. The second-order valence-corrected chi connectivity index (χ2v) is 6.68. The largest absolute Gasteiger partial charge is 0.331 e. The summed E-state index contributed by atoms with van der Waals surface area (Å²) in [5.41, 5.74) is 0.821. The maximum Gasteiger partial charge on any atom is 0.255 e. The average molecular weight is 307 g/mol. The van der Waals surface area contributed by atoms with E-state index in [2.05, 4.69) is 29.6 Å². The van der Waals surface area contributed by atoms with Crippen LogP contribution < -0.4 is 0 Å². The van der Waals surface area contributed by atoms with Crippen LogP contribution in [0.15, 0.2) is 60.0 Å². The van der Waals surface area contributed by atoms with Crippen LogP contribution >= 0.6 is 11.3 Å². The second kappa shape index (κ2) is 5.58. The molecule has 1 amide bonds. The van der Waals surface area contributed by atoms with E-state index in [-0.39, 0.29) is 11.9 Å². The van der Waals surface area contributed by atoms with Gasteiger partial charge in [-0.2, -0.15) is 0 Å². The Morgan fingerprint density at radius 2 is 1.91 bits per heavy atom. The molecule has 0 aliphatic carbocycles. The molecule has 2 heterocycles. The van der Waals surface area contributed by atoms with Gasteiger partial charge in [0, 0.05) is 17.0 Å². The predicted molar refractivity (Wildman–Crippen MR) is 91.3 cm³/mol. The Kier molecular flexibility index (Phi) is 3.43. The fourth-order valence-corrected chi connectivity index (χ4v) is 4.23. The SMILES string of the molecule is O=C(c1cccc2ccccc12)N1CCC[C@H]1c1cccs1. The number of carbonyl (C=O) groups excluding carboxylic acids is 1. The van der Waals surface area contributed by atoms with E-state index in [0.717, 1.165) is 35.7 Å². The summed E-state index contributed by atoms with van der Waals surface area (Å²) in [5, 5.41) is 4.26. The van der Waals surface area contributed by atoms with Gasteiger partial charge in [0.05, 0.1) is 6.04 Å². The van der Waals surface area contributed by atoms with Crippen LogP contribution in [-0.4, -0.2) is 17.4 Å². The van der Waals surface area contributed by atoms with Crippen LogP contribution in [0, 0.1) is 0 Å². The summed E-state index contributed by atoms with van der Waals surface area (Å²) in [5.74, 6) is 0.160. The fourth-order valence-electron chi connectivity index (χ4n) is 3.35. The number of hydrogen-bond donors (Lipinski definition) is 0. The number of likely N-dealkylation sites (tertiary alicyclic amines) is 1. The summed E-state index contributed by atoms with van der Waals surface area (Å²) in [6.45, 7) is 0.852. The van der Waals surface area contributed by atoms with Crippen molar-refractivity contribution in [2.75, 3.05) is 6.54 Å². The molecule has 1 fully saturated rings. The zero-order chi connectivity index (χ0) is 14.9. The molecule has 4 rings (SSSR count). The fraction of sp³-hybridized carbons (Fsp3) is 0.211. The van der Waals surface area contributed by atoms with Crippen molar-refractivity contribution in [1.29, 1.82) is 0 Å². The van der Waals surface area contributed by atoms with Crippen molar-refractivity contribution in [2.45, 2.75) is 18.9 Å². The van der Waals surface area contributed by atoms with E-state index < -0.39 is 0 Å². The van der Waals surface area contributed by atoms with Gasteiger partial charge in [0.15, 0.2) is 0 Å². The van der Waals surface area contributed by atoms with E-state index in [1.54, 1.807) is 11.3 Å². The van der Waals surface area contributed by atoms with E-state index >= 15 is 0 Å². The molecule has 3 heteroatoms. The highest BCUT2D eigenvalue weighted by Crippen LogP contribution is 2.36. The lowest BCUT2D eigenvalue weighted by Gasteiger charge is -2.24. The summed E-state index contributed by atoms with van der Waals surface area (Å²) >= 11 is 1.75. The molecular formula is C19H17NOS. The van der Waals surface area contributed by atoms with Crippen LogP contribution in [0.5, 0.6) is 0 Å². The van der Waals surface area contributed by atoms with Crippen molar-refractivity contribution < 1.29 is 4.79 Å². The van der Waals surface area contributed by atoms with Crippen molar-refractivity contribution in [3.8, 4) is 0 Å². The third kappa shape index (κ3) is 2.22. The third-order valence-electron chi connectivity index (χ3n) is 4.41. The molecule has 3 aromatic rings. The number of rotatable bonds is 2. The topological polar surface area (TPSA) is 20.3 Å². The molecule has 0 spiro atoms. The lowest BCUT2D eigenvalue weighted by atomic mass is 10.0. The van der Waals surface area contributed by atoms with E-state index in [0.29, 0.717) is 0 Å². The Labute approximate surface area is 134 Å². The number of nitrogens with zero attached hydrogens (tertiary/aromatic N) is 1. The van der Waals surface area contributed by atoms with Gasteiger partial charge in [-0.05, 0) is 41.1 Å². The lowest BCUT2D eigenvalue weighted by Crippen LogP contribution is -2.30. The minimum absolute atomic E-state index is 0.160. The average Bonchev–Trinajstić information content (AvgIpc) is 3.24. The molecule has 1 aliphatic heterocycles. The Morgan fingerprint density at radius 1 is 1.05 bits per heavy atom. The standard InChI is InChI=1S/C19H17NOS/c21-19(16-9-3-7-14-6-1-2-8-15(14)16)20-12-4-10-17(20)18-11-5-13-22-18/h1-3,5-9,11,13,17H,4,10,12H2/t17-/m0/s1. The van der Waals surface area contributed by atoms with Crippen LogP contribution in [0.3, 0.4) is 0 Å². The summed E-state index contributed by atoms with van der Waals surface area (Å²) < 4.78 is 0. The third-order valence-corrected chi connectivity index (χ3v) is 5.38. The first kappa shape index (κ1) is 13.5. The van der Waals surface area contributed by atoms with Gasteiger partial charge in [-0.25, -0.2) is 0 Å². The molecule has 0 saturated carbocycles. The minimum atomic E-state index is 0.160. The lowest BCUT2D eigenvalue weighted by molar-refractivity contribution is 0.0740. The highest BCUT2D eigenvalue weighted by molar-refractivity contribution is 7.10. The molecule has 0 N–H and O–H groups in total. The molecule has 1 atom stereocenters. The maximum absolute atomic E-state index is 13.1. The number of amides is 1. The molecule has 1 aromatic heterocycles. The molecule has 2 aromatic carbocycles. The molecule has 1 aliphatic rings. The number of fused-ring (bicyclic) bond motifs is 1. The zero-order valence-electron chi connectivity index (χ0n) is 12.2. The molecule has 0 unspecified atom stereocenters. The number of benzene rings is 2. The van der Waals surface area contributed by atoms with Gasteiger partial charge in [-0.1, -0.05) is 42.5 Å². The van der Waals surface area contributed by atoms with Crippen molar-refractivity contribution in [3.63, 3.8) is 0 Å². The number of carbonyl (C=O) groups is 1. The molecule has 22 heavy (non-hydrogen) atoms. The van der Waals surface area contributed by atoms with Gasteiger partial charge < -0.3 is 4.90 Å². The second-order valence-electron chi connectivity index (χ2n) is 5.70. The van der Waals surface area contributed by atoms with Gasteiger partial charge >= 0.3 is 0 Å². The van der Waals surface area contributed by atoms with E-state index in [9.17, 15) is 4.79 Å². The summed E-state index contributed by atoms with van der Waals surface area (Å²) in [6.07, 6.45) is 2.15. The molecule has 110 valence electrons. The first-order valence-electron chi connectivity index (χ1n) is 7.67. The minimum Gasteiger partial charge on any atom is -0.331 e. The summed E-state index contributed by atoms with van der Waals surface area (Å²) in [7, 11) is 0. The highest BCUT2D eigenvalue weighted by Gasteiger charge is 2.31. The van der Waals surface area contributed by atoms with Crippen molar-refractivity contribution in [2.24, 2.45) is 0 Å². The summed E-state index contributed by atoms with van der Waals surface area (Å²) in [6, 6.07) is 18.6. The van der Waals surface area contributed by atoms with Crippen molar-refractivity contribution in [1.82, 2.24) is 4.90 Å².